The van der Waals surface area contributed by atoms with Gasteiger partial charge in [-0.15, -0.1) is 0 Å². The molecule has 0 aliphatic heterocycles. The first kappa shape index (κ1) is 10.9. The van der Waals surface area contributed by atoms with Crippen molar-refractivity contribution < 1.29 is 14.6 Å². The Morgan fingerprint density at radius 2 is 1.93 bits per heavy atom. The van der Waals surface area contributed by atoms with Gasteiger partial charge in [-0.3, -0.25) is 4.79 Å². The predicted molar refractivity (Wildman–Crippen MR) is 56.2 cm³/mol. The van der Waals surface area contributed by atoms with Gasteiger partial charge in [0.05, 0.1) is 6.10 Å². The molecule has 0 aromatic heterocycles. The third kappa shape index (κ3) is 2.33. The van der Waals surface area contributed by atoms with Crippen molar-refractivity contribution in [1.29, 1.82) is 0 Å². The van der Waals surface area contributed by atoms with E-state index in [0.717, 1.165) is 19.3 Å². The smallest absolute Gasteiger partial charge is 0.303 e. The second kappa shape index (κ2) is 4.52. The van der Waals surface area contributed by atoms with E-state index >= 15 is 0 Å². The molecular formula is C12H20O3. The highest BCUT2D eigenvalue weighted by molar-refractivity contribution is 5.66. The molecule has 0 amide bonds. The Labute approximate surface area is 90.8 Å². The normalized spacial score (nSPS) is 40.7. The van der Waals surface area contributed by atoms with E-state index in [2.05, 4.69) is 0 Å². The SMILES string of the molecule is CC(=O)OC1C(O)CCC2CCCCC21. The lowest BCUT2D eigenvalue weighted by Crippen LogP contribution is -2.46. The minimum atomic E-state index is -0.437. The highest BCUT2D eigenvalue weighted by Gasteiger charge is 2.41. The third-order valence-corrected chi connectivity index (χ3v) is 3.90. The van der Waals surface area contributed by atoms with Crippen LogP contribution in [0.2, 0.25) is 0 Å². The van der Waals surface area contributed by atoms with Crippen LogP contribution < -0.4 is 0 Å². The van der Waals surface area contributed by atoms with Crippen LogP contribution in [0.4, 0.5) is 0 Å². The Bertz CT molecular complexity index is 239. The summed E-state index contributed by atoms with van der Waals surface area (Å²) >= 11 is 0. The first-order valence-electron chi connectivity index (χ1n) is 6.04. The van der Waals surface area contributed by atoms with Crippen molar-refractivity contribution in [3.8, 4) is 0 Å². The molecule has 2 aliphatic carbocycles. The molecule has 0 bridgehead atoms. The van der Waals surface area contributed by atoms with Gasteiger partial charge < -0.3 is 9.84 Å². The predicted octanol–water partition coefficient (Wildman–Crippen LogP) is 1.88. The van der Waals surface area contributed by atoms with Crippen LogP contribution in [-0.2, 0) is 9.53 Å². The number of carbonyl (C=O) groups excluding carboxylic acids is 1. The number of rotatable bonds is 1. The molecule has 4 unspecified atom stereocenters. The molecule has 3 heteroatoms. The Morgan fingerprint density at radius 3 is 2.67 bits per heavy atom. The summed E-state index contributed by atoms with van der Waals surface area (Å²) in [6, 6.07) is 0. The van der Waals surface area contributed by atoms with Crippen molar-refractivity contribution in [2.24, 2.45) is 11.8 Å². The Morgan fingerprint density at radius 1 is 1.20 bits per heavy atom. The minimum absolute atomic E-state index is 0.235. The molecular weight excluding hydrogens is 192 g/mol. The van der Waals surface area contributed by atoms with Gasteiger partial charge in [-0.1, -0.05) is 19.3 Å². The van der Waals surface area contributed by atoms with E-state index < -0.39 is 6.10 Å². The standard InChI is InChI=1S/C12H20O3/c1-8(13)15-12-10-5-3-2-4-9(10)6-7-11(12)14/h9-12,14H,2-7H2,1H3. The zero-order chi connectivity index (χ0) is 10.8. The fourth-order valence-electron chi connectivity index (χ4n) is 3.22. The van der Waals surface area contributed by atoms with Crippen LogP contribution in [0, 0.1) is 11.8 Å². The number of hydrogen-bond donors (Lipinski definition) is 1. The van der Waals surface area contributed by atoms with Crippen LogP contribution in [0.3, 0.4) is 0 Å². The summed E-state index contributed by atoms with van der Waals surface area (Å²) in [7, 11) is 0. The van der Waals surface area contributed by atoms with Crippen molar-refractivity contribution in [3.05, 3.63) is 0 Å². The lowest BCUT2D eigenvalue weighted by Gasteiger charge is -2.42. The molecule has 0 heterocycles. The summed E-state index contributed by atoms with van der Waals surface area (Å²) in [5.74, 6) is 0.822. The lowest BCUT2D eigenvalue weighted by molar-refractivity contribution is -0.165. The van der Waals surface area contributed by atoms with Gasteiger partial charge in [0.25, 0.3) is 0 Å². The largest absolute Gasteiger partial charge is 0.459 e. The van der Waals surface area contributed by atoms with Crippen molar-refractivity contribution in [2.45, 2.75) is 57.7 Å². The van der Waals surface area contributed by atoms with E-state index in [1.54, 1.807) is 0 Å². The van der Waals surface area contributed by atoms with Crippen LogP contribution in [0.5, 0.6) is 0 Å². The monoisotopic (exact) mass is 212 g/mol. The maximum Gasteiger partial charge on any atom is 0.303 e. The van der Waals surface area contributed by atoms with Crippen molar-refractivity contribution in [1.82, 2.24) is 0 Å². The number of ether oxygens (including phenoxy) is 1. The van der Waals surface area contributed by atoms with E-state index in [4.69, 9.17) is 4.74 Å². The molecule has 0 saturated heterocycles. The topological polar surface area (TPSA) is 46.5 Å². The molecule has 0 aromatic rings. The number of fused-ring (bicyclic) bond motifs is 1. The summed E-state index contributed by atoms with van der Waals surface area (Å²) < 4.78 is 5.28. The molecule has 2 rings (SSSR count). The molecule has 0 spiro atoms. The highest BCUT2D eigenvalue weighted by atomic mass is 16.6. The Kier molecular flexibility index (Phi) is 3.29. The van der Waals surface area contributed by atoms with Gasteiger partial charge in [-0.25, -0.2) is 0 Å². The Hall–Kier alpha value is -0.570. The molecule has 15 heavy (non-hydrogen) atoms. The fraction of sp³-hybridized carbons (Fsp3) is 0.917. The molecule has 0 radical (unpaired) electrons. The third-order valence-electron chi connectivity index (χ3n) is 3.90. The number of hydrogen-bond acceptors (Lipinski definition) is 3. The minimum Gasteiger partial charge on any atom is -0.459 e. The Balaban J connectivity index is 2.05. The number of carbonyl (C=O) groups is 1. The van der Waals surface area contributed by atoms with Gasteiger partial charge in [0.2, 0.25) is 0 Å². The first-order chi connectivity index (χ1) is 7.18. The van der Waals surface area contributed by atoms with E-state index in [1.807, 2.05) is 0 Å². The highest BCUT2D eigenvalue weighted by Crippen LogP contribution is 2.41. The summed E-state index contributed by atoms with van der Waals surface area (Å²) in [4.78, 5) is 11.0. The maximum atomic E-state index is 11.0. The second-order valence-electron chi connectivity index (χ2n) is 4.93. The molecule has 1 N–H and O–H groups in total. The average Bonchev–Trinajstić information content (AvgIpc) is 2.22. The van der Waals surface area contributed by atoms with Crippen LogP contribution in [-0.4, -0.2) is 23.3 Å². The molecule has 3 nitrogen and oxygen atoms in total. The van der Waals surface area contributed by atoms with E-state index in [0.29, 0.717) is 11.8 Å². The molecule has 2 saturated carbocycles. The van der Waals surface area contributed by atoms with Gasteiger partial charge in [0, 0.05) is 12.8 Å². The second-order valence-corrected chi connectivity index (χ2v) is 4.93. The lowest BCUT2D eigenvalue weighted by atomic mass is 9.68. The van der Waals surface area contributed by atoms with Gasteiger partial charge in [0.15, 0.2) is 0 Å². The van der Waals surface area contributed by atoms with Crippen LogP contribution >= 0.6 is 0 Å². The average molecular weight is 212 g/mol. The van der Waals surface area contributed by atoms with Crippen LogP contribution in [0.15, 0.2) is 0 Å². The number of esters is 1. The molecule has 2 fully saturated rings. The van der Waals surface area contributed by atoms with Gasteiger partial charge in [-0.2, -0.15) is 0 Å². The number of aliphatic hydroxyl groups is 1. The van der Waals surface area contributed by atoms with E-state index in [9.17, 15) is 9.90 Å². The van der Waals surface area contributed by atoms with Gasteiger partial charge >= 0.3 is 5.97 Å². The number of aliphatic hydroxyl groups excluding tert-OH is 1. The molecule has 2 aliphatic rings. The summed E-state index contributed by atoms with van der Waals surface area (Å²) in [5.41, 5.74) is 0. The summed E-state index contributed by atoms with van der Waals surface area (Å²) in [6.45, 7) is 1.43. The molecule has 86 valence electrons. The maximum absolute atomic E-state index is 11.0. The first-order valence-corrected chi connectivity index (χ1v) is 6.04. The van der Waals surface area contributed by atoms with E-state index in [1.165, 1.54) is 26.2 Å². The van der Waals surface area contributed by atoms with Crippen molar-refractivity contribution in [3.63, 3.8) is 0 Å². The molecule has 0 aromatic carbocycles. The quantitative estimate of drug-likeness (QED) is 0.675. The zero-order valence-corrected chi connectivity index (χ0v) is 9.32. The summed E-state index contributed by atoms with van der Waals surface area (Å²) in [5, 5.41) is 9.88. The van der Waals surface area contributed by atoms with Crippen molar-refractivity contribution in [2.75, 3.05) is 0 Å². The van der Waals surface area contributed by atoms with Crippen LogP contribution in [0.1, 0.15) is 45.4 Å². The molecule has 4 atom stereocenters. The zero-order valence-electron chi connectivity index (χ0n) is 9.32. The summed E-state index contributed by atoms with van der Waals surface area (Å²) in [6.07, 6.45) is 6.09. The van der Waals surface area contributed by atoms with Gasteiger partial charge in [-0.05, 0) is 25.2 Å². The van der Waals surface area contributed by atoms with E-state index in [-0.39, 0.29) is 12.1 Å². The van der Waals surface area contributed by atoms with Gasteiger partial charge in [0.1, 0.15) is 6.10 Å². The van der Waals surface area contributed by atoms with Crippen LogP contribution in [0.25, 0.3) is 0 Å². The van der Waals surface area contributed by atoms with Crippen molar-refractivity contribution >= 4 is 5.97 Å². The fourth-order valence-corrected chi connectivity index (χ4v) is 3.22.